The predicted octanol–water partition coefficient (Wildman–Crippen LogP) is 4.24. The number of aryl methyl sites for hydroxylation is 1. The molecular weight excluding hydrogens is 446 g/mol. The fraction of sp³-hybridized carbons (Fsp3) is 0.120. The molecule has 2 aromatic carbocycles. The van der Waals surface area contributed by atoms with Crippen LogP contribution in [0.2, 0.25) is 0 Å². The van der Waals surface area contributed by atoms with E-state index in [1.807, 2.05) is 30.3 Å². The molecule has 0 spiro atoms. The molecule has 1 atom stereocenters. The highest BCUT2D eigenvalue weighted by Crippen LogP contribution is 2.28. The lowest BCUT2D eigenvalue weighted by Gasteiger charge is -2.13. The zero-order valence-electron chi connectivity index (χ0n) is 19.0. The van der Waals surface area contributed by atoms with E-state index < -0.39 is 6.04 Å². The predicted molar refractivity (Wildman–Crippen MR) is 130 cm³/mol. The second-order valence-corrected chi connectivity index (χ2v) is 7.94. The summed E-state index contributed by atoms with van der Waals surface area (Å²) in [5, 5.41) is 14.3. The van der Waals surface area contributed by atoms with E-state index in [1.165, 1.54) is 17.3 Å². The van der Waals surface area contributed by atoms with E-state index in [0.717, 1.165) is 5.56 Å². The molecule has 0 radical (unpaired) electrons. The van der Waals surface area contributed by atoms with Gasteiger partial charge < -0.3 is 15.2 Å². The van der Waals surface area contributed by atoms with Crippen molar-refractivity contribution in [1.82, 2.24) is 24.9 Å². The molecule has 35 heavy (non-hydrogen) atoms. The second kappa shape index (κ2) is 9.18. The lowest BCUT2D eigenvalue weighted by Crippen LogP contribution is -2.24. The smallest absolute Gasteiger partial charge is 0.259 e. The molecule has 0 fully saturated rings. The summed E-state index contributed by atoms with van der Waals surface area (Å²) >= 11 is 0. The van der Waals surface area contributed by atoms with Gasteiger partial charge in [-0.05, 0) is 44.2 Å². The Labute approximate surface area is 200 Å². The Bertz CT molecular complexity index is 1490. The minimum atomic E-state index is -0.517. The van der Waals surface area contributed by atoms with Crippen LogP contribution in [-0.2, 0) is 4.79 Å². The van der Waals surface area contributed by atoms with Crippen LogP contribution in [-0.4, -0.2) is 36.7 Å². The maximum Gasteiger partial charge on any atom is 0.259 e. The summed E-state index contributed by atoms with van der Waals surface area (Å²) in [7, 11) is 0. The Hall–Kier alpha value is -4.86. The first-order chi connectivity index (χ1) is 17.0. The Morgan fingerprint density at radius 3 is 2.40 bits per heavy atom. The zero-order valence-corrected chi connectivity index (χ0v) is 19.0. The summed E-state index contributed by atoms with van der Waals surface area (Å²) in [6.07, 6.45) is 2.86. The van der Waals surface area contributed by atoms with Crippen LogP contribution in [0.25, 0.3) is 22.4 Å². The molecular formula is C25H21N7O3. The summed E-state index contributed by atoms with van der Waals surface area (Å²) in [6.45, 7) is 3.49. The van der Waals surface area contributed by atoms with Crippen LogP contribution < -0.4 is 10.6 Å². The van der Waals surface area contributed by atoms with Gasteiger partial charge >= 0.3 is 0 Å². The first kappa shape index (κ1) is 22.0. The molecule has 1 unspecified atom stereocenters. The third-order valence-electron chi connectivity index (χ3n) is 5.55. The highest BCUT2D eigenvalue weighted by atomic mass is 16.5. The number of rotatable bonds is 6. The van der Waals surface area contributed by atoms with Crippen molar-refractivity contribution in [3.63, 3.8) is 0 Å². The molecule has 3 aromatic heterocycles. The molecule has 0 saturated carbocycles. The van der Waals surface area contributed by atoms with E-state index in [4.69, 9.17) is 4.52 Å². The van der Waals surface area contributed by atoms with Crippen LogP contribution in [0.15, 0.2) is 77.8 Å². The molecule has 0 saturated heterocycles. The van der Waals surface area contributed by atoms with E-state index in [0.29, 0.717) is 39.4 Å². The van der Waals surface area contributed by atoms with E-state index >= 15 is 0 Å². The number of nitrogens with one attached hydrogen (secondary N) is 2. The first-order valence-corrected chi connectivity index (χ1v) is 10.9. The van der Waals surface area contributed by atoms with Gasteiger partial charge in [0.1, 0.15) is 18.7 Å². The quantitative estimate of drug-likeness (QED) is 0.382. The highest BCUT2D eigenvalue weighted by Gasteiger charge is 2.20. The van der Waals surface area contributed by atoms with Crippen LogP contribution in [0, 0.1) is 6.92 Å². The first-order valence-electron chi connectivity index (χ1n) is 10.9. The van der Waals surface area contributed by atoms with E-state index in [-0.39, 0.29) is 11.8 Å². The standard InChI is InChI=1S/C25H21N7O3/c1-15-22-20(12-21(30-25(22)35-31-15)17-6-4-3-5-7-17)24(34)29-19-10-8-18(9-11-19)28-23(33)16(2)32-14-26-13-27-32/h3-14,16H,1-2H3,(H,28,33)(H,29,34). The van der Waals surface area contributed by atoms with Gasteiger partial charge in [0.15, 0.2) is 0 Å². The van der Waals surface area contributed by atoms with E-state index in [1.54, 1.807) is 44.2 Å². The maximum atomic E-state index is 13.3. The number of carbonyl (C=O) groups excluding carboxylic acids is 2. The number of hydrogen-bond donors (Lipinski definition) is 2. The number of amides is 2. The largest absolute Gasteiger partial charge is 0.335 e. The molecule has 174 valence electrons. The van der Waals surface area contributed by atoms with Crippen LogP contribution in [0.5, 0.6) is 0 Å². The molecule has 5 aromatic rings. The van der Waals surface area contributed by atoms with Gasteiger partial charge in [0.25, 0.3) is 11.6 Å². The molecule has 2 N–H and O–H groups in total. The van der Waals surface area contributed by atoms with Gasteiger partial charge in [-0.15, -0.1) is 0 Å². The number of hydrogen-bond acceptors (Lipinski definition) is 7. The van der Waals surface area contributed by atoms with Gasteiger partial charge in [0, 0.05) is 16.9 Å². The van der Waals surface area contributed by atoms with Gasteiger partial charge in [-0.1, -0.05) is 35.5 Å². The van der Waals surface area contributed by atoms with Crippen molar-refractivity contribution in [2.75, 3.05) is 10.6 Å². The van der Waals surface area contributed by atoms with Crippen molar-refractivity contribution in [3.05, 3.63) is 84.6 Å². The minimum absolute atomic E-state index is 0.233. The molecule has 0 aliphatic heterocycles. The fourth-order valence-electron chi connectivity index (χ4n) is 3.65. The molecule has 0 aliphatic rings. The second-order valence-electron chi connectivity index (χ2n) is 7.94. The summed E-state index contributed by atoms with van der Waals surface area (Å²) in [5.41, 5.74) is 3.92. The molecule has 3 heterocycles. The normalized spacial score (nSPS) is 11.8. The molecule has 5 rings (SSSR count). The average molecular weight is 467 g/mol. The number of fused-ring (bicyclic) bond motifs is 1. The van der Waals surface area contributed by atoms with Gasteiger partial charge in [0.05, 0.1) is 22.3 Å². The highest BCUT2D eigenvalue weighted by molar-refractivity contribution is 6.13. The summed E-state index contributed by atoms with van der Waals surface area (Å²) in [6, 6.07) is 17.6. The van der Waals surface area contributed by atoms with Crippen molar-refractivity contribution in [2.24, 2.45) is 0 Å². The van der Waals surface area contributed by atoms with Crippen LogP contribution in [0.4, 0.5) is 11.4 Å². The maximum absolute atomic E-state index is 13.3. The van der Waals surface area contributed by atoms with Gasteiger partial charge in [0.2, 0.25) is 5.91 Å². The average Bonchev–Trinajstić information content (AvgIpc) is 3.55. The summed E-state index contributed by atoms with van der Waals surface area (Å²) in [4.78, 5) is 34.1. The number of benzene rings is 2. The minimum Gasteiger partial charge on any atom is -0.335 e. The summed E-state index contributed by atoms with van der Waals surface area (Å²) in [5.74, 6) is -0.555. The van der Waals surface area contributed by atoms with Crippen LogP contribution >= 0.6 is 0 Å². The SMILES string of the molecule is Cc1noc2nc(-c3ccccc3)cc(C(=O)Nc3ccc(NC(=O)C(C)n4cncn4)cc3)c12. The van der Waals surface area contributed by atoms with E-state index in [2.05, 4.69) is 30.9 Å². The molecule has 10 nitrogen and oxygen atoms in total. The Morgan fingerprint density at radius 1 is 1.00 bits per heavy atom. The number of nitrogens with zero attached hydrogens (tertiary/aromatic N) is 5. The van der Waals surface area contributed by atoms with Crippen molar-refractivity contribution in [2.45, 2.75) is 19.9 Å². The monoisotopic (exact) mass is 467 g/mol. The van der Waals surface area contributed by atoms with Crippen molar-refractivity contribution < 1.29 is 14.1 Å². The molecule has 10 heteroatoms. The fourth-order valence-corrected chi connectivity index (χ4v) is 3.65. The molecule has 0 bridgehead atoms. The Kier molecular flexibility index (Phi) is 5.76. The summed E-state index contributed by atoms with van der Waals surface area (Å²) < 4.78 is 6.83. The topological polar surface area (TPSA) is 128 Å². The third kappa shape index (κ3) is 4.49. The number of carbonyl (C=O) groups is 2. The Balaban J connectivity index is 1.35. The third-order valence-corrected chi connectivity index (χ3v) is 5.55. The number of anilines is 2. The van der Waals surface area contributed by atoms with Gasteiger partial charge in [-0.3, -0.25) is 9.59 Å². The van der Waals surface area contributed by atoms with Crippen LogP contribution in [0.3, 0.4) is 0 Å². The Morgan fingerprint density at radius 2 is 1.71 bits per heavy atom. The van der Waals surface area contributed by atoms with Crippen LogP contribution in [0.1, 0.15) is 29.0 Å². The number of aromatic nitrogens is 5. The van der Waals surface area contributed by atoms with Crippen molar-refractivity contribution >= 4 is 34.3 Å². The number of pyridine rings is 1. The zero-order chi connectivity index (χ0) is 24.4. The van der Waals surface area contributed by atoms with Crippen molar-refractivity contribution in [1.29, 1.82) is 0 Å². The van der Waals surface area contributed by atoms with Gasteiger partial charge in [-0.25, -0.2) is 14.6 Å². The van der Waals surface area contributed by atoms with Gasteiger partial charge in [-0.2, -0.15) is 5.10 Å². The lowest BCUT2D eigenvalue weighted by molar-refractivity contribution is -0.119. The lowest BCUT2D eigenvalue weighted by atomic mass is 10.0. The van der Waals surface area contributed by atoms with Crippen molar-refractivity contribution in [3.8, 4) is 11.3 Å². The van der Waals surface area contributed by atoms with E-state index in [9.17, 15) is 9.59 Å². The molecule has 2 amide bonds. The molecule has 0 aliphatic carbocycles.